The lowest BCUT2D eigenvalue weighted by atomic mass is 10.1. The van der Waals surface area contributed by atoms with Crippen LogP contribution in [0.15, 0.2) is 0 Å². The maximum atomic E-state index is 12.5. The second kappa shape index (κ2) is 9.75. The van der Waals surface area contributed by atoms with Gasteiger partial charge in [0.15, 0.2) is 0 Å². The first-order valence-corrected chi connectivity index (χ1v) is 7.46. The molecule has 0 aliphatic heterocycles. The highest BCUT2D eigenvalue weighted by atomic mass is 32.2. The molecule has 1 N–H and O–H groups in total. The molecule has 0 spiro atoms. The van der Waals surface area contributed by atoms with Crippen LogP contribution in [-0.2, 0) is 4.79 Å². The van der Waals surface area contributed by atoms with Crippen molar-refractivity contribution in [3.8, 4) is 0 Å². The van der Waals surface area contributed by atoms with Crippen LogP contribution in [0.1, 0.15) is 52.9 Å². The average Bonchev–Trinajstić information content (AvgIpc) is 2.20. The van der Waals surface area contributed by atoms with Gasteiger partial charge in [-0.1, -0.05) is 26.7 Å². The molecule has 0 heterocycles. The Morgan fingerprint density at radius 1 is 1.24 bits per heavy atom. The molecule has 0 rings (SSSR count). The van der Waals surface area contributed by atoms with Crippen LogP contribution in [0, 0.1) is 5.92 Å². The van der Waals surface area contributed by atoms with Crippen LogP contribution < -0.4 is 0 Å². The van der Waals surface area contributed by atoms with E-state index in [0.29, 0.717) is 12.3 Å². The van der Waals surface area contributed by atoms with Crippen LogP contribution in [0.25, 0.3) is 0 Å². The molecule has 0 aliphatic rings. The predicted octanol–water partition coefficient (Wildman–Crippen LogP) is 4.14. The minimum Gasteiger partial charge on any atom is -0.480 e. The van der Waals surface area contributed by atoms with Crippen molar-refractivity contribution in [1.82, 2.24) is 0 Å². The quantitative estimate of drug-likeness (QED) is 0.603. The fourth-order valence-corrected chi connectivity index (χ4v) is 2.92. The van der Waals surface area contributed by atoms with E-state index in [1.165, 1.54) is 11.8 Å². The Kier molecular flexibility index (Phi) is 9.60. The maximum absolute atomic E-state index is 12.5. The van der Waals surface area contributed by atoms with Crippen molar-refractivity contribution in [2.75, 3.05) is 5.75 Å². The molecule has 2 atom stereocenters. The summed E-state index contributed by atoms with van der Waals surface area (Å²) < 4.78 is 12.5. The highest BCUT2D eigenvalue weighted by molar-refractivity contribution is 8.00. The van der Waals surface area contributed by atoms with Crippen molar-refractivity contribution in [2.24, 2.45) is 5.92 Å². The number of hydrogen-bond donors (Lipinski definition) is 1. The second-order valence-corrected chi connectivity index (χ2v) is 6.27. The van der Waals surface area contributed by atoms with E-state index < -0.39 is 12.1 Å². The van der Waals surface area contributed by atoms with Crippen molar-refractivity contribution < 1.29 is 14.3 Å². The molecule has 0 saturated heterocycles. The molecule has 17 heavy (non-hydrogen) atoms. The van der Waals surface area contributed by atoms with E-state index in [9.17, 15) is 9.18 Å². The van der Waals surface area contributed by atoms with E-state index in [0.717, 1.165) is 31.4 Å². The topological polar surface area (TPSA) is 37.3 Å². The largest absolute Gasteiger partial charge is 0.480 e. The van der Waals surface area contributed by atoms with Crippen LogP contribution in [0.3, 0.4) is 0 Å². The number of carboxylic acid groups (broad SMARTS) is 1. The third-order valence-electron chi connectivity index (χ3n) is 2.53. The monoisotopic (exact) mass is 264 g/mol. The smallest absolute Gasteiger partial charge is 0.316 e. The van der Waals surface area contributed by atoms with Gasteiger partial charge in [-0.25, -0.2) is 4.39 Å². The highest BCUT2D eigenvalue weighted by Gasteiger charge is 2.18. The molecule has 0 amide bonds. The molecule has 0 saturated carbocycles. The SMILES string of the molecule is CC(C)CC(SCCCCCC(C)F)C(=O)O. The number of hydrogen-bond acceptors (Lipinski definition) is 2. The third-order valence-corrected chi connectivity index (χ3v) is 3.85. The first-order chi connectivity index (χ1) is 7.93. The summed E-state index contributed by atoms with van der Waals surface area (Å²) in [6, 6.07) is 0. The molecule has 0 aromatic heterocycles. The number of thioether (sulfide) groups is 1. The van der Waals surface area contributed by atoms with Gasteiger partial charge in [0.05, 0.1) is 6.17 Å². The molecule has 4 heteroatoms. The Morgan fingerprint density at radius 3 is 2.35 bits per heavy atom. The van der Waals surface area contributed by atoms with Crippen molar-refractivity contribution >= 4 is 17.7 Å². The second-order valence-electron chi connectivity index (χ2n) is 4.96. The molecule has 2 nitrogen and oxygen atoms in total. The van der Waals surface area contributed by atoms with Gasteiger partial charge in [-0.05, 0) is 37.9 Å². The molecular weight excluding hydrogens is 239 g/mol. The van der Waals surface area contributed by atoms with Crippen molar-refractivity contribution in [1.29, 1.82) is 0 Å². The number of carbonyl (C=O) groups is 1. The van der Waals surface area contributed by atoms with Crippen molar-refractivity contribution in [3.63, 3.8) is 0 Å². The van der Waals surface area contributed by atoms with Crippen molar-refractivity contribution in [3.05, 3.63) is 0 Å². The normalized spacial score (nSPS) is 14.9. The molecule has 0 aromatic rings. The van der Waals surface area contributed by atoms with E-state index in [1.807, 2.05) is 13.8 Å². The summed E-state index contributed by atoms with van der Waals surface area (Å²) in [6.07, 6.45) is 3.52. The molecule has 102 valence electrons. The lowest BCUT2D eigenvalue weighted by Gasteiger charge is -2.14. The van der Waals surface area contributed by atoms with Crippen molar-refractivity contribution in [2.45, 2.75) is 64.3 Å². The lowest BCUT2D eigenvalue weighted by molar-refractivity contribution is -0.136. The van der Waals surface area contributed by atoms with E-state index in [4.69, 9.17) is 5.11 Å². The predicted molar refractivity (Wildman–Crippen MR) is 72.4 cm³/mol. The number of unbranched alkanes of at least 4 members (excludes halogenated alkanes) is 2. The van der Waals surface area contributed by atoms with Crippen LogP contribution in [0.5, 0.6) is 0 Å². The molecular formula is C13H25FO2S. The minimum atomic E-state index is -0.713. The van der Waals surface area contributed by atoms with Gasteiger partial charge in [0.2, 0.25) is 0 Å². The molecule has 0 radical (unpaired) electrons. The van der Waals surface area contributed by atoms with Gasteiger partial charge in [-0.15, -0.1) is 11.8 Å². The number of alkyl halides is 1. The number of carboxylic acids is 1. The van der Waals surface area contributed by atoms with Gasteiger partial charge in [-0.3, -0.25) is 4.79 Å². The summed E-state index contributed by atoms with van der Waals surface area (Å²) in [5.74, 6) is 0.571. The lowest BCUT2D eigenvalue weighted by Crippen LogP contribution is -2.19. The molecule has 0 bridgehead atoms. The Bertz CT molecular complexity index is 208. The fourth-order valence-electron chi connectivity index (χ4n) is 1.60. The maximum Gasteiger partial charge on any atom is 0.316 e. The van der Waals surface area contributed by atoms with Crippen LogP contribution in [0.2, 0.25) is 0 Å². The Hall–Kier alpha value is -0.250. The van der Waals surface area contributed by atoms with Crippen LogP contribution >= 0.6 is 11.8 Å². The zero-order valence-electron chi connectivity index (χ0n) is 11.1. The summed E-state index contributed by atoms with van der Waals surface area (Å²) in [5, 5.41) is 8.74. The van der Waals surface area contributed by atoms with Gasteiger partial charge in [0, 0.05) is 0 Å². The van der Waals surface area contributed by atoms with Gasteiger partial charge in [0.1, 0.15) is 5.25 Å². The number of halogens is 1. The van der Waals surface area contributed by atoms with Gasteiger partial charge >= 0.3 is 5.97 Å². The Morgan fingerprint density at radius 2 is 1.88 bits per heavy atom. The highest BCUT2D eigenvalue weighted by Crippen LogP contribution is 2.21. The summed E-state index contributed by atoms with van der Waals surface area (Å²) in [4.78, 5) is 11.0. The van der Waals surface area contributed by atoms with Crippen LogP contribution in [-0.4, -0.2) is 28.3 Å². The first kappa shape index (κ1) is 16.8. The molecule has 0 aromatic carbocycles. The summed E-state index contributed by atoms with van der Waals surface area (Å²) >= 11 is 1.52. The number of rotatable bonds is 10. The van der Waals surface area contributed by atoms with E-state index in [-0.39, 0.29) is 5.25 Å². The average molecular weight is 264 g/mol. The molecule has 0 fully saturated rings. The standard InChI is InChI=1S/C13H25FO2S/c1-10(2)9-12(13(15)16)17-8-6-4-5-7-11(3)14/h10-12H,4-9H2,1-3H3,(H,15,16). The Balaban J connectivity index is 3.58. The third kappa shape index (κ3) is 10.6. The zero-order valence-corrected chi connectivity index (χ0v) is 11.9. The number of aliphatic carboxylic acids is 1. The summed E-state index contributed by atoms with van der Waals surface area (Å²) in [7, 11) is 0. The molecule has 2 unspecified atom stereocenters. The van der Waals surface area contributed by atoms with E-state index >= 15 is 0 Å². The minimum absolute atomic E-state index is 0.282. The van der Waals surface area contributed by atoms with Crippen LogP contribution in [0.4, 0.5) is 4.39 Å². The van der Waals surface area contributed by atoms with Gasteiger partial charge < -0.3 is 5.11 Å². The van der Waals surface area contributed by atoms with Gasteiger partial charge in [0.25, 0.3) is 0 Å². The first-order valence-electron chi connectivity index (χ1n) is 6.42. The molecule has 0 aliphatic carbocycles. The summed E-state index contributed by atoms with van der Waals surface area (Å²) in [6.45, 7) is 5.66. The van der Waals surface area contributed by atoms with Gasteiger partial charge in [-0.2, -0.15) is 0 Å². The zero-order chi connectivity index (χ0) is 13.3. The van der Waals surface area contributed by atoms with E-state index in [2.05, 4.69) is 0 Å². The Labute approximate surface area is 108 Å². The summed E-state index contributed by atoms with van der Waals surface area (Å²) in [5.41, 5.74) is 0. The van der Waals surface area contributed by atoms with E-state index in [1.54, 1.807) is 6.92 Å². The fraction of sp³-hybridized carbons (Fsp3) is 0.923.